The second kappa shape index (κ2) is 8.50. The molecule has 1 amide bonds. The van der Waals surface area contributed by atoms with Gasteiger partial charge in [0.05, 0.1) is 6.04 Å². The van der Waals surface area contributed by atoms with Gasteiger partial charge in [0, 0.05) is 31.4 Å². The molecule has 1 aliphatic rings. The number of carbonyl (C=O) groups excluding carboxylic acids is 1. The Morgan fingerprint density at radius 2 is 2.23 bits per heavy atom. The van der Waals surface area contributed by atoms with E-state index in [0.717, 1.165) is 32.5 Å². The van der Waals surface area contributed by atoms with Crippen LogP contribution < -0.4 is 16.0 Å². The van der Waals surface area contributed by atoms with Crippen LogP contribution in [0.5, 0.6) is 0 Å². The molecule has 0 aromatic carbocycles. The molecule has 1 fully saturated rings. The molecule has 0 saturated carbocycles. The first-order chi connectivity index (χ1) is 9.96. The summed E-state index contributed by atoms with van der Waals surface area (Å²) >= 11 is 0. The third-order valence-corrected chi connectivity index (χ3v) is 3.55. The van der Waals surface area contributed by atoms with E-state index in [-0.39, 0.29) is 23.9 Å². The highest BCUT2D eigenvalue weighted by Gasteiger charge is 2.17. The third-order valence-electron chi connectivity index (χ3n) is 3.55. The van der Waals surface area contributed by atoms with Crippen molar-refractivity contribution in [1.29, 1.82) is 0 Å². The van der Waals surface area contributed by atoms with Crippen LogP contribution in [0, 0.1) is 0 Å². The quantitative estimate of drug-likeness (QED) is 0.713. The monoisotopic (exact) mass is 329 g/mol. The Hall–Kier alpha value is -1.11. The molecule has 2 heterocycles. The molecular weight excluding hydrogens is 302 g/mol. The van der Waals surface area contributed by atoms with Crippen LogP contribution in [0.1, 0.15) is 50.1 Å². The van der Waals surface area contributed by atoms with Crippen molar-refractivity contribution in [3.63, 3.8) is 0 Å². The van der Waals surface area contributed by atoms with E-state index in [1.54, 1.807) is 6.07 Å². The second-order valence-electron chi connectivity index (χ2n) is 6.61. The van der Waals surface area contributed by atoms with Crippen LogP contribution in [0.2, 0.25) is 0 Å². The highest BCUT2D eigenvalue weighted by molar-refractivity contribution is 5.92. The Bertz CT molecular complexity index is 463. The maximum atomic E-state index is 12.0. The van der Waals surface area contributed by atoms with E-state index in [9.17, 15) is 4.79 Å². The molecule has 1 atom stereocenters. The van der Waals surface area contributed by atoms with Crippen LogP contribution in [0.15, 0.2) is 12.3 Å². The summed E-state index contributed by atoms with van der Waals surface area (Å²) in [6.07, 6.45) is 4.18. The predicted molar refractivity (Wildman–Crippen MR) is 90.7 cm³/mol. The fourth-order valence-electron chi connectivity index (χ4n) is 2.43. The molecule has 1 aliphatic heterocycles. The van der Waals surface area contributed by atoms with Crippen LogP contribution in [0.4, 0.5) is 0 Å². The highest BCUT2D eigenvalue weighted by atomic mass is 35.5. The average Bonchev–Trinajstić information content (AvgIpc) is 2.93. The molecule has 0 radical (unpaired) electrons. The minimum atomic E-state index is -0.103. The molecule has 0 aliphatic carbocycles. The number of nitrogens with zero attached hydrogens (tertiary/aromatic N) is 2. The van der Waals surface area contributed by atoms with Crippen molar-refractivity contribution in [3.8, 4) is 0 Å². The van der Waals surface area contributed by atoms with Crippen molar-refractivity contribution in [2.75, 3.05) is 26.2 Å². The zero-order valence-corrected chi connectivity index (χ0v) is 14.5. The summed E-state index contributed by atoms with van der Waals surface area (Å²) in [6, 6.07) is 2.16. The summed E-state index contributed by atoms with van der Waals surface area (Å²) in [5.74, 6) is -0.103. The van der Waals surface area contributed by atoms with Gasteiger partial charge < -0.3 is 16.0 Å². The summed E-state index contributed by atoms with van der Waals surface area (Å²) < 4.78 is 1.91. The molecule has 6 nitrogen and oxygen atoms in total. The van der Waals surface area contributed by atoms with Gasteiger partial charge in [-0.3, -0.25) is 9.48 Å². The maximum absolute atomic E-state index is 12.0. The molecule has 2 rings (SSSR count). The van der Waals surface area contributed by atoms with Crippen molar-refractivity contribution in [2.45, 2.75) is 45.2 Å². The smallest absolute Gasteiger partial charge is 0.271 e. The first kappa shape index (κ1) is 18.9. The number of halogens is 1. The minimum absolute atomic E-state index is 0. The first-order valence-corrected chi connectivity index (χ1v) is 7.75. The molecule has 126 valence electrons. The van der Waals surface area contributed by atoms with E-state index in [1.165, 1.54) is 0 Å². The van der Waals surface area contributed by atoms with E-state index < -0.39 is 0 Å². The first-order valence-electron chi connectivity index (χ1n) is 7.75. The lowest BCUT2D eigenvalue weighted by Crippen LogP contribution is -2.41. The molecule has 0 bridgehead atoms. The third kappa shape index (κ3) is 5.94. The molecule has 7 heteroatoms. The number of rotatable bonds is 5. The van der Waals surface area contributed by atoms with Gasteiger partial charge in [0.2, 0.25) is 0 Å². The van der Waals surface area contributed by atoms with Crippen LogP contribution in [0.25, 0.3) is 0 Å². The molecule has 1 saturated heterocycles. The lowest BCUT2D eigenvalue weighted by atomic mass is 10.1. The highest BCUT2D eigenvalue weighted by Crippen LogP contribution is 2.15. The number of amides is 1. The molecule has 0 spiro atoms. The number of nitrogens with one attached hydrogen (secondary N) is 3. The number of hydrogen-bond donors (Lipinski definition) is 3. The Labute approximate surface area is 138 Å². The topological polar surface area (TPSA) is 71.0 Å². The number of piperidine rings is 1. The van der Waals surface area contributed by atoms with Gasteiger partial charge in [-0.05, 0) is 46.2 Å². The largest absolute Gasteiger partial charge is 0.349 e. The van der Waals surface area contributed by atoms with Crippen molar-refractivity contribution in [2.24, 2.45) is 0 Å². The summed E-state index contributed by atoms with van der Waals surface area (Å²) in [5.41, 5.74) is 0.566. The van der Waals surface area contributed by atoms with Gasteiger partial charge in [-0.15, -0.1) is 12.4 Å². The number of carbonyl (C=O) groups is 1. The van der Waals surface area contributed by atoms with Crippen molar-refractivity contribution in [1.82, 2.24) is 25.7 Å². The lowest BCUT2D eigenvalue weighted by Gasteiger charge is -2.22. The fourth-order valence-corrected chi connectivity index (χ4v) is 2.43. The summed E-state index contributed by atoms with van der Waals surface area (Å²) in [6.45, 7) is 9.68. The van der Waals surface area contributed by atoms with Crippen LogP contribution >= 0.6 is 12.4 Å². The Morgan fingerprint density at radius 1 is 1.45 bits per heavy atom. The maximum Gasteiger partial charge on any atom is 0.271 e. The predicted octanol–water partition coefficient (Wildman–Crippen LogP) is 1.35. The Morgan fingerprint density at radius 3 is 2.86 bits per heavy atom. The SMILES string of the molecule is CC(C)(C)NCCNC(=O)c1ccn(C2CCCNC2)n1.Cl. The van der Waals surface area contributed by atoms with Gasteiger partial charge in [0.15, 0.2) is 0 Å². The summed E-state index contributed by atoms with van der Waals surface area (Å²) in [5, 5.41) is 14.0. The van der Waals surface area contributed by atoms with Gasteiger partial charge in [0.1, 0.15) is 5.69 Å². The zero-order chi connectivity index (χ0) is 15.3. The van der Waals surface area contributed by atoms with E-state index in [4.69, 9.17) is 0 Å². The van der Waals surface area contributed by atoms with Gasteiger partial charge in [-0.25, -0.2) is 0 Å². The van der Waals surface area contributed by atoms with E-state index in [2.05, 4.69) is 41.8 Å². The lowest BCUT2D eigenvalue weighted by molar-refractivity contribution is 0.0946. The number of aromatic nitrogens is 2. The van der Waals surface area contributed by atoms with Crippen molar-refractivity contribution >= 4 is 18.3 Å². The van der Waals surface area contributed by atoms with Crippen LogP contribution in [-0.4, -0.2) is 47.4 Å². The summed E-state index contributed by atoms with van der Waals surface area (Å²) in [4.78, 5) is 12.0. The number of hydrogen-bond acceptors (Lipinski definition) is 4. The Kier molecular flexibility index (Phi) is 7.32. The van der Waals surface area contributed by atoms with Gasteiger partial charge in [-0.1, -0.05) is 0 Å². The molecule has 1 aromatic rings. The molecule has 1 unspecified atom stereocenters. The Balaban J connectivity index is 0.00000242. The average molecular weight is 330 g/mol. The molecule has 3 N–H and O–H groups in total. The molecule has 22 heavy (non-hydrogen) atoms. The molecular formula is C15H28ClN5O. The van der Waals surface area contributed by atoms with Gasteiger partial charge in [-0.2, -0.15) is 5.10 Å². The van der Waals surface area contributed by atoms with E-state index >= 15 is 0 Å². The van der Waals surface area contributed by atoms with Crippen molar-refractivity contribution in [3.05, 3.63) is 18.0 Å². The van der Waals surface area contributed by atoms with Crippen LogP contribution in [-0.2, 0) is 0 Å². The second-order valence-corrected chi connectivity index (χ2v) is 6.61. The van der Waals surface area contributed by atoms with Gasteiger partial charge in [0.25, 0.3) is 5.91 Å². The standard InChI is InChI=1S/C15H27N5O.ClH/c1-15(2,3)18-9-8-17-14(21)13-6-10-20(19-13)12-5-4-7-16-11-12;/h6,10,12,16,18H,4-5,7-9,11H2,1-3H3,(H,17,21);1H. The van der Waals surface area contributed by atoms with E-state index in [0.29, 0.717) is 18.3 Å². The minimum Gasteiger partial charge on any atom is -0.349 e. The normalized spacial score (nSPS) is 18.6. The van der Waals surface area contributed by atoms with Gasteiger partial charge >= 0.3 is 0 Å². The zero-order valence-electron chi connectivity index (χ0n) is 13.7. The molecule has 1 aromatic heterocycles. The van der Waals surface area contributed by atoms with Crippen LogP contribution in [0.3, 0.4) is 0 Å². The summed E-state index contributed by atoms with van der Waals surface area (Å²) in [7, 11) is 0. The fraction of sp³-hybridized carbons (Fsp3) is 0.733. The van der Waals surface area contributed by atoms with E-state index in [1.807, 2.05) is 10.9 Å². The van der Waals surface area contributed by atoms with Crippen molar-refractivity contribution < 1.29 is 4.79 Å².